The highest BCUT2D eigenvalue weighted by Crippen LogP contribution is 2.34. The van der Waals surface area contributed by atoms with Crippen molar-refractivity contribution in [3.8, 4) is 12.1 Å². The van der Waals surface area contributed by atoms with Crippen molar-refractivity contribution in [3.05, 3.63) is 64.5 Å². The molecule has 0 fully saturated rings. The fourth-order valence-electron chi connectivity index (χ4n) is 2.26. The highest BCUT2D eigenvalue weighted by molar-refractivity contribution is 5.53. The van der Waals surface area contributed by atoms with E-state index < -0.39 is 34.9 Å². The summed E-state index contributed by atoms with van der Waals surface area (Å²) in [6.07, 6.45) is -8.52. The maximum Gasteiger partial charge on any atom is 0.420 e. The van der Waals surface area contributed by atoms with Gasteiger partial charge >= 0.3 is 12.4 Å². The largest absolute Gasteiger partial charge is 0.420 e. The topological polar surface area (TPSA) is 59.6 Å². The van der Waals surface area contributed by atoms with Gasteiger partial charge in [-0.15, -0.1) is 0 Å². The van der Waals surface area contributed by atoms with Crippen LogP contribution in [0.15, 0.2) is 36.4 Å². The first-order valence-electron chi connectivity index (χ1n) is 8.48. The second kappa shape index (κ2) is 9.97. The molecule has 0 amide bonds. The third-order valence-corrected chi connectivity index (χ3v) is 3.89. The van der Waals surface area contributed by atoms with E-state index in [1.54, 1.807) is 6.07 Å². The van der Waals surface area contributed by atoms with Crippen molar-refractivity contribution in [3.63, 3.8) is 0 Å². The van der Waals surface area contributed by atoms with E-state index in [1.807, 2.05) is 13.8 Å². The molecule has 10 heteroatoms. The number of rotatable bonds is 3. The monoisotopic (exact) mass is 431 g/mol. The van der Waals surface area contributed by atoms with Gasteiger partial charge < -0.3 is 5.32 Å². The summed E-state index contributed by atoms with van der Waals surface area (Å²) < 4.78 is 86.9. The van der Waals surface area contributed by atoms with E-state index in [-0.39, 0.29) is 11.6 Å². The molecule has 0 aliphatic rings. The molecule has 0 saturated heterocycles. The van der Waals surface area contributed by atoms with Crippen LogP contribution in [-0.2, 0) is 12.4 Å². The highest BCUT2D eigenvalue weighted by Gasteiger charge is 2.37. The first-order chi connectivity index (χ1) is 13.8. The summed E-state index contributed by atoms with van der Waals surface area (Å²) in [5.74, 6) is -1.42. The van der Waals surface area contributed by atoms with Crippen molar-refractivity contribution >= 4 is 5.69 Å². The zero-order chi connectivity index (χ0) is 23.1. The molecule has 2 rings (SSSR count). The van der Waals surface area contributed by atoms with E-state index in [9.17, 15) is 30.7 Å². The molecule has 3 nitrogen and oxygen atoms in total. The van der Waals surface area contributed by atoms with Gasteiger partial charge in [0.05, 0.1) is 28.8 Å². The molecule has 0 radical (unpaired) electrons. The normalized spacial score (nSPS) is 12.1. The van der Waals surface area contributed by atoms with E-state index >= 15 is 0 Å². The number of nitrogens with one attached hydrogen (secondary N) is 1. The predicted octanol–water partition coefficient (Wildman–Crippen LogP) is 6.50. The summed E-state index contributed by atoms with van der Waals surface area (Å²) in [4.78, 5) is 0. The van der Waals surface area contributed by atoms with Crippen LogP contribution in [-0.4, -0.2) is 6.04 Å². The molecular formula is C20H16F7N3. The third kappa shape index (κ3) is 6.66. The maximum absolute atomic E-state index is 12.7. The van der Waals surface area contributed by atoms with Gasteiger partial charge in [-0.3, -0.25) is 0 Å². The van der Waals surface area contributed by atoms with Gasteiger partial charge in [0.1, 0.15) is 11.4 Å². The van der Waals surface area contributed by atoms with Crippen LogP contribution in [0.25, 0.3) is 0 Å². The van der Waals surface area contributed by atoms with Crippen LogP contribution >= 0.6 is 0 Å². The van der Waals surface area contributed by atoms with Gasteiger partial charge in [-0.1, -0.05) is 13.0 Å². The van der Waals surface area contributed by atoms with E-state index in [0.717, 1.165) is 24.6 Å². The van der Waals surface area contributed by atoms with E-state index in [4.69, 9.17) is 10.5 Å². The van der Waals surface area contributed by atoms with Gasteiger partial charge in [-0.25, -0.2) is 4.39 Å². The minimum Gasteiger partial charge on any atom is -0.383 e. The van der Waals surface area contributed by atoms with E-state index in [2.05, 4.69) is 5.32 Å². The minimum atomic E-state index is -4.82. The summed E-state index contributed by atoms with van der Waals surface area (Å²) >= 11 is 0. The second-order valence-electron chi connectivity index (χ2n) is 6.10. The molecule has 0 bridgehead atoms. The Labute approximate surface area is 168 Å². The zero-order valence-corrected chi connectivity index (χ0v) is 15.8. The van der Waals surface area contributed by atoms with Crippen molar-refractivity contribution in [2.75, 3.05) is 5.32 Å². The summed E-state index contributed by atoms with van der Waals surface area (Å²) in [7, 11) is 0. The van der Waals surface area contributed by atoms with E-state index in [1.165, 1.54) is 18.2 Å². The number of alkyl halides is 6. The third-order valence-electron chi connectivity index (χ3n) is 3.89. The molecule has 1 unspecified atom stereocenters. The predicted molar refractivity (Wildman–Crippen MR) is 95.7 cm³/mol. The molecule has 2 aromatic carbocycles. The van der Waals surface area contributed by atoms with Crippen LogP contribution in [0.4, 0.5) is 36.4 Å². The van der Waals surface area contributed by atoms with Crippen LogP contribution in [0.5, 0.6) is 0 Å². The fraction of sp³-hybridized carbons (Fsp3) is 0.300. The molecule has 0 aliphatic carbocycles. The van der Waals surface area contributed by atoms with Crippen molar-refractivity contribution in [1.29, 1.82) is 10.5 Å². The van der Waals surface area contributed by atoms with E-state index in [0.29, 0.717) is 11.8 Å². The number of hydrogen-bond donors (Lipinski definition) is 1. The molecule has 0 aliphatic heterocycles. The van der Waals surface area contributed by atoms with Crippen molar-refractivity contribution < 1.29 is 30.7 Å². The Balaban J connectivity index is 0.000000311. The number of halogens is 7. The fourth-order valence-corrected chi connectivity index (χ4v) is 2.26. The molecule has 0 aromatic heterocycles. The lowest BCUT2D eigenvalue weighted by molar-refractivity contribution is -0.140. The van der Waals surface area contributed by atoms with Gasteiger partial charge in [0, 0.05) is 11.7 Å². The van der Waals surface area contributed by atoms with Crippen molar-refractivity contribution in [1.82, 2.24) is 0 Å². The standard InChI is InChI=1S/C12H13F3N2.C8H3F4N/c1-3-8(2)17-10-5-4-9(7-16)11(6-10)12(13,14)15;9-6-3-1-2-5(4-13)7(6)8(10,11)12/h4-6,8,17H,3H2,1-2H3;1-3H. The van der Waals surface area contributed by atoms with Gasteiger partial charge in [0.25, 0.3) is 0 Å². The highest BCUT2D eigenvalue weighted by atomic mass is 19.4. The van der Waals surface area contributed by atoms with Gasteiger partial charge in [-0.2, -0.15) is 36.9 Å². The SMILES string of the molecule is CCC(C)Nc1ccc(C#N)c(C(F)(F)F)c1.N#Cc1cccc(F)c1C(F)(F)F. The first kappa shape index (κ1) is 24.8. The maximum atomic E-state index is 12.7. The van der Waals surface area contributed by atoms with Gasteiger partial charge in [0.15, 0.2) is 0 Å². The number of benzene rings is 2. The number of hydrogen-bond acceptors (Lipinski definition) is 3. The minimum absolute atomic E-state index is 0.0871. The van der Waals surface area contributed by atoms with Crippen LogP contribution in [0, 0.1) is 28.5 Å². The lowest BCUT2D eigenvalue weighted by Crippen LogP contribution is -2.15. The molecule has 2 aromatic rings. The summed E-state index contributed by atoms with van der Waals surface area (Å²) in [6, 6.07) is 9.22. The summed E-state index contributed by atoms with van der Waals surface area (Å²) in [5, 5.41) is 19.9. The lowest BCUT2D eigenvalue weighted by Gasteiger charge is -2.15. The van der Waals surface area contributed by atoms with Gasteiger partial charge in [0.2, 0.25) is 0 Å². The quantitative estimate of drug-likeness (QED) is 0.564. The lowest BCUT2D eigenvalue weighted by atomic mass is 10.1. The Morgan fingerprint density at radius 2 is 1.53 bits per heavy atom. The Bertz CT molecular complexity index is 951. The molecule has 30 heavy (non-hydrogen) atoms. The van der Waals surface area contributed by atoms with Crippen molar-refractivity contribution in [2.45, 2.75) is 38.7 Å². The molecule has 0 spiro atoms. The Morgan fingerprint density at radius 1 is 0.933 bits per heavy atom. The molecule has 0 saturated carbocycles. The van der Waals surface area contributed by atoms with Crippen LogP contribution in [0.2, 0.25) is 0 Å². The second-order valence-corrected chi connectivity index (χ2v) is 6.10. The Hall–Kier alpha value is -3.27. The summed E-state index contributed by atoms with van der Waals surface area (Å²) in [5.41, 5.74) is -3.07. The zero-order valence-electron chi connectivity index (χ0n) is 15.8. The van der Waals surface area contributed by atoms with Crippen molar-refractivity contribution in [2.24, 2.45) is 0 Å². The molecular weight excluding hydrogens is 415 g/mol. The molecule has 1 atom stereocenters. The number of nitriles is 2. The van der Waals surface area contributed by atoms with Gasteiger partial charge in [-0.05, 0) is 43.7 Å². The summed E-state index contributed by atoms with van der Waals surface area (Å²) in [6.45, 7) is 3.82. The Morgan fingerprint density at radius 3 is 1.97 bits per heavy atom. The first-order valence-corrected chi connectivity index (χ1v) is 8.48. The average Bonchev–Trinajstić information content (AvgIpc) is 2.66. The Kier molecular flexibility index (Phi) is 8.23. The number of anilines is 1. The molecule has 1 N–H and O–H groups in total. The molecule has 0 heterocycles. The average molecular weight is 431 g/mol. The van der Waals surface area contributed by atoms with Crippen LogP contribution < -0.4 is 5.32 Å². The van der Waals surface area contributed by atoms with Crippen LogP contribution in [0.3, 0.4) is 0 Å². The number of nitrogens with zero attached hydrogens (tertiary/aromatic N) is 2. The molecule has 160 valence electrons. The smallest absolute Gasteiger partial charge is 0.383 e. The van der Waals surface area contributed by atoms with Crippen LogP contribution in [0.1, 0.15) is 42.5 Å².